The number of aliphatic hydroxyl groups is 3. The van der Waals surface area contributed by atoms with Gasteiger partial charge in [-0.1, -0.05) is 44.6 Å². The van der Waals surface area contributed by atoms with Gasteiger partial charge in [-0.15, -0.1) is 6.58 Å². The zero-order valence-electron chi connectivity index (χ0n) is 35.2. The highest BCUT2D eigenvalue weighted by Crippen LogP contribution is 2.39. The second kappa shape index (κ2) is 22.4. The third kappa shape index (κ3) is 12.1. The fourth-order valence-electron chi connectivity index (χ4n) is 9.15. The van der Waals surface area contributed by atoms with E-state index in [1.165, 1.54) is 4.90 Å². The summed E-state index contributed by atoms with van der Waals surface area (Å²) in [6, 6.07) is -1.03. The van der Waals surface area contributed by atoms with Gasteiger partial charge in [0.2, 0.25) is 5.79 Å². The molecule has 12 nitrogen and oxygen atoms in total. The number of cyclic esters (lactones) is 1. The zero-order chi connectivity index (χ0) is 41.7. The Morgan fingerprint density at radius 3 is 2.25 bits per heavy atom. The van der Waals surface area contributed by atoms with E-state index in [4.69, 9.17) is 24.1 Å². The van der Waals surface area contributed by atoms with Crippen molar-refractivity contribution < 1.29 is 53.4 Å². The largest absolute Gasteiger partial charge is 0.456 e. The topological polar surface area (TPSA) is 169 Å². The van der Waals surface area contributed by atoms with Gasteiger partial charge >= 0.3 is 5.97 Å². The Kier molecular flexibility index (Phi) is 19.1. The molecule has 1 aliphatic carbocycles. The molecule has 4 rings (SSSR count). The van der Waals surface area contributed by atoms with Crippen LogP contribution >= 0.6 is 0 Å². The number of carbonyl (C=O) groups excluding carboxylic acids is 4. The minimum Gasteiger partial charge on any atom is -0.456 e. The third-order valence-electron chi connectivity index (χ3n) is 12.4. The lowest BCUT2D eigenvalue weighted by molar-refractivity contribution is -0.302. The summed E-state index contributed by atoms with van der Waals surface area (Å²) in [7, 11) is 4.10. The monoisotopic (exact) mass is 790 g/mol. The molecule has 0 aromatic rings. The number of carbonyl (C=O) groups is 4. The van der Waals surface area contributed by atoms with Crippen LogP contribution in [0, 0.1) is 29.6 Å². The molecular formula is C44H71NO11. The van der Waals surface area contributed by atoms with Gasteiger partial charge in [-0.2, -0.15) is 0 Å². The summed E-state index contributed by atoms with van der Waals surface area (Å²) in [5, 5.41) is 29.1. The van der Waals surface area contributed by atoms with Gasteiger partial charge in [0.05, 0.1) is 18.3 Å². The molecule has 318 valence electrons. The lowest BCUT2D eigenvalue weighted by atomic mass is 9.82. The Morgan fingerprint density at radius 2 is 1.62 bits per heavy atom. The number of hydrogen-bond acceptors (Lipinski definition) is 11. The van der Waals surface area contributed by atoms with Crippen molar-refractivity contribution in [2.24, 2.45) is 29.6 Å². The number of rotatable bonds is 6. The average Bonchev–Trinajstić information content (AvgIpc) is 3.19. The third-order valence-corrected chi connectivity index (χ3v) is 12.4. The highest BCUT2D eigenvalue weighted by molar-refractivity contribution is 6.39. The Labute approximate surface area is 335 Å². The summed E-state index contributed by atoms with van der Waals surface area (Å²) in [5.41, 5.74) is 1.92. The van der Waals surface area contributed by atoms with Crippen LogP contribution in [0.2, 0.25) is 0 Å². The number of ether oxygens (including phenoxy) is 4. The van der Waals surface area contributed by atoms with E-state index in [1.807, 2.05) is 26.8 Å². The van der Waals surface area contributed by atoms with Gasteiger partial charge in [0.1, 0.15) is 24.0 Å². The number of fused-ring (bicyclic) bond motifs is 3. The summed E-state index contributed by atoms with van der Waals surface area (Å²) in [6.07, 6.45) is 10.3. The first-order chi connectivity index (χ1) is 26.6. The van der Waals surface area contributed by atoms with Gasteiger partial charge < -0.3 is 39.2 Å². The molecule has 1 amide bonds. The number of aliphatic hydroxyl groups excluding tert-OH is 2. The number of methoxy groups -OCH3 is 2. The van der Waals surface area contributed by atoms with E-state index in [0.717, 1.165) is 31.1 Å². The van der Waals surface area contributed by atoms with Crippen LogP contribution in [-0.4, -0.2) is 114 Å². The predicted molar refractivity (Wildman–Crippen MR) is 213 cm³/mol. The average molecular weight is 790 g/mol. The van der Waals surface area contributed by atoms with Crippen LogP contribution in [0.15, 0.2) is 36.0 Å². The molecule has 0 radical (unpaired) electrons. The number of ketones is 2. The molecule has 3 aliphatic heterocycles. The molecule has 56 heavy (non-hydrogen) atoms. The number of amides is 1. The molecule has 5 unspecified atom stereocenters. The van der Waals surface area contributed by atoms with E-state index in [-0.39, 0.29) is 48.5 Å². The molecular weight excluding hydrogens is 718 g/mol. The predicted octanol–water partition coefficient (Wildman–Crippen LogP) is 5.65. The molecule has 10 atom stereocenters. The Hall–Kier alpha value is -2.74. The highest BCUT2D eigenvalue weighted by atomic mass is 16.7. The normalized spacial score (nSPS) is 38.5. The van der Waals surface area contributed by atoms with Crippen LogP contribution in [0.5, 0.6) is 0 Å². The van der Waals surface area contributed by atoms with Crippen LogP contribution in [0.3, 0.4) is 0 Å². The van der Waals surface area contributed by atoms with E-state index in [0.29, 0.717) is 64.2 Å². The molecule has 3 heterocycles. The van der Waals surface area contributed by atoms with Crippen molar-refractivity contribution in [1.29, 1.82) is 0 Å². The fraction of sp³-hybridized carbons (Fsp3) is 0.773. The maximum absolute atomic E-state index is 14.2. The number of hydrogen-bond donors (Lipinski definition) is 3. The standard InChI is InChI=1S/C43H67NO10.CH4O/c1-9-12-32-22-26(2)21-27(3)23-36(51-7)39-37(52-8)25-30(6)43(50,54-39)40(47)41(48)44-20-11-10-13-34(44)42(49)53-38(28(4)14-19-35(32)46)29(5)24-31-15-17-33(45)18-16-31;1-2/h9,22,24,27-28,30-34,36-39,45,50H,1,10-21,23,25H2,2-8H3;2H,1H3/b26-22+,29-24+;/t27-,28+,30?,31?,32+,33?,34?,36-,37?,38-,39?,43?;/m0./s1. The van der Waals surface area contributed by atoms with Gasteiger partial charge in [0, 0.05) is 46.1 Å². The first-order valence-corrected chi connectivity index (χ1v) is 20.8. The van der Waals surface area contributed by atoms with E-state index in [2.05, 4.69) is 19.6 Å². The van der Waals surface area contributed by atoms with Crippen molar-refractivity contribution >= 4 is 23.4 Å². The first-order valence-electron chi connectivity index (χ1n) is 20.8. The van der Waals surface area contributed by atoms with Crippen molar-refractivity contribution in [3.05, 3.63) is 36.0 Å². The lowest BCUT2D eigenvalue weighted by Crippen LogP contribution is -2.64. The first kappa shape index (κ1) is 47.6. The number of esters is 1. The van der Waals surface area contributed by atoms with E-state index in [1.54, 1.807) is 27.2 Å². The van der Waals surface area contributed by atoms with Crippen molar-refractivity contribution in [2.75, 3.05) is 27.9 Å². The van der Waals surface area contributed by atoms with Crippen LogP contribution in [0.1, 0.15) is 118 Å². The van der Waals surface area contributed by atoms with Gasteiger partial charge in [0.25, 0.3) is 11.7 Å². The van der Waals surface area contributed by atoms with Gasteiger partial charge in [-0.3, -0.25) is 14.4 Å². The molecule has 12 heteroatoms. The molecule has 3 fully saturated rings. The summed E-state index contributed by atoms with van der Waals surface area (Å²) in [6.45, 7) is 13.7. The molecule has 2 saturated heterocycles. The maximum atomic E-state index is 14.2. The highest BCUT2D eigenvalue weighted by Gasteiger charge is 2.56. The molecule has 4 aliphatic rings. The molecule has 0 aromatic carbocycles. The van der Waals surface area contributed by atoms with Crippen molar-refractivity contribution in [1.82, 2.24) is 4.90 Å². The second-order valence-electron chi connectivity index (χ2n) is 16.8. The second-order valence-corrected chi connectivity index (χ2v) is 16.8. The number of nitrogens with zero attached hydrogens (tertiary/aromatic N) is 1. The van der Waals surface area contributed by atoms with Gasteiger partial charge in [-0.05, 0) is 114 Å². The summed E-state index contributed by atoms with van der Waals surface area (Å²) in [4.78, 5) is 57.6. The van der Waals surface area contributed by atoms with Gasteiger partial charge in [0.15, 0.2) is 0 Å². The van der Waals surface area contributed by atoms with Crippen LogP contribution in [-0.2, 0) is 38.1 Å². The van der Waals surface area contributed by atoms with Crippen molar-refractivity contribution in [2.45, 2.75) is 160 Å². The molecule has 1 saturated carbocycles. The fourth-order valence-corrected chi connectivity index (χ4v) is 9.15. The lowest BCUT2D eigenvalue weighted by Gasteiger charge is -2.47. The Balaban J connectivity index is 0.00000414. The Bertz CT molecular complexity index is 1390. The van der Waals surface area contributed by atoms with Crippen LogP contribution in [0.25, 0.3) is 0 Å². The summed E-state index contributed by atoms with van der Waals surface area (Å²) >= 11 is 0. The minimum absolute atomic E-state index is 0.0749. The molecule has 0 spiro atoms. The van der Waals surface area contributed by atoms with Crippen molar-refractivity contribution in [3.63, 3.8) is 0 Å². The van der Waals surface area contributed by atoms with Gasteiger partial charge in [-0.25, -0.2) is 4.79 Å². The van der Waals surface area contributed by atoms with Crippen LogP contribution < -0.4 is 0 Å². The quantitative estimate of drug-likeness (QED) is 0.173. The van der Waals surface area contributed by atoms with E-state index >= 15 is 0 Å². The number of piperidine rings is 1. The molecule has 0 aromatic heterocycles. The SMILES string of the molecule is C=CC[C@@H]1/C=C(\C)C[C@H](C)C[C@H](OC)C2OC(O)(C(=O)C(=O)N3CCCCC3C(=O)O[C@H](/C(C)=C/C3CCC(O)CC3)[C@H](C)CCC1=O)C(C)CC2OC.CO. The minimum atomic E-state index is -2.46. The van der Waals surface area contributed by atoms with Crippen LogP contribution in [0.4, 0.5) is 0 Å². The zero-order valence-corrected chi connectivity index (χ0v) is 35.2. The maximum Gasteiger partial charge on any atom is 0.329 e. The Morgan fingerprint density at radius 1 is 0.982 bits per heavy atom. The number of allylic oxidation sites excluding steroid dienone is 4. The number of Topliss-reactive ketones (excluding diaryl/α,β-unsaturated/α-hetero) is 2. The molecule has 3 N–H and O–H groups in total. The van der Waals surface area contributed by atoms with Crippen molar-refractivity contribution in [3.8, 4) is 0 Å². The smallest absolute Gasteiger partial charge is 0.329 e. The molecule has 2 bridgehead atoms. The summed E-state index contributed by atoms with van der Waals surface area (Å²) < 4.78 is 24.3. The van der Waals surface area contributed by atoms with E-state index in [9.17, 15) is 29.4 Å². The summed E-state index contributed by atoms with van der Waals surface area (Å²) in [5.74, 6) is -6.14. The van der Waals surface area contributed by atoms with E-state index < -0.39 is 59.8 Å².